The SMILES string of the molecule is Nc1nc(CC(=O)NCc2ccc(Br)cc2)cs1. The second kappa shape index (κ2) is 5.97. The van der Waals surface area contributed by atoms with Crippen LogP contribution in [0.5, 0.6) is 0 Å². The first-order valence-corrected chi connectivity index (χ1v) is 7.02. The fraction of sp³-hybridized carbons (Fsp3) is 0.167. The van der Waals surface area contributed by atoms with E-state index in [-0.39, 0.29) is 12.3 Å². The van der Waals surface area contributed by atoms with E-state index in [9.17, 15) is 4.79 Å². The molecule has 1 heterocycles. The number of hydrogen-bond acceptors (Lipinski definition) is 4. The number of nitrogens with one attached hydrogen (secondary N) is 1. The molecule has 0 bridgehead atoms. The average Bonchev–Trinajstić information content (AvgIpc) is 2.74. The number of thiazole rings is 1. The summed E-state index contributed by atoms with van der Waals surface area (Å²) >= 11 is 4.71. The number of aromatic nitrogens is 1. The Morgan fingerprint density at radius 3 is 2.72 bits per heavy atom. The molecule has 2 rings (SSSR count). The molecule has 0 unspecified atom stereocenters. The van der Waals surface area contributed by atoms with Crippen molar-refractivity contribution in [2.45, 2.75) is 13.0 Å². The molecule has 0 saturated heterocycles. The maximum Gasteiger partial charge on any atom is 0.226 e. The monoisotopic (exact) mass is 325 g/mol. The molecule has 0 saturated carbocycles. The minimum atomic E-state index is -0.0526. The van der Waals surface area contributed by atoms with Crippen LogP contribution < -0.4 is 11.1 Å². The van der Waals surface area contributed by atoms with E-state index in [0.717, 1.165) is 10.0 Å². The Bertz CT molecular complexity index is 539. The average molecular weight is 326 g/mol. The van der Waals surface area contributed by atoms with Crippen LogP contribution in [0, 0.1) is 0 Å². The number of amides is 1. The lowest BCUT2D eigenvalue weighted by atomic mass is 10.2. The number of halogens is 1. The van der Waals surface area contributed by atoms with E-state index in [2.05, 4.69) is 26.2 Å². The van der Waals surface area contributed by atoms with Crippen LogP contribution in [0.15, 0.2) is 34.1 Å². The lowest BCUT2D eigenvalue weighted by Gasteiger charge is -2.04. The van der Waals surface area contributed by atoms with Crippen molar-refractivity contribution in [2.24, 2.45) is 0 Å². The van der Waals surface area contributed by atoms with Gasteiger partial charge in [-0.1, -0.05) is 28.1 Å². The lowest BCUT2D eigenvalue weighted by Crippen LogP contribution is -2.24. The summed E-state index contributed by atoms with van der Waals surface area (Å²) < 4.78 is 1.02. The number of nitrogens with zero attached hydrogens (tertiary/aromatic N) is 1. The van der Waals surface area contributed by atoms with E-state index in [4.69, 9.17) is 5.73 Å². The van der Waals surface area contributed by atoms with Gasteiger partial charge in [-0.25, -0.2) is 4.98 Å². The number of carbonyl (C=O) groups excluding carboxylic acids is 1. The van der Waals surface area contributed by atoms with E-state index < -0.39 is 0 Å². The van der Waals surface area contributed by atoms with Crippen molar-refractivity contribution >= 4 is 38.3 Å². The van der Waals surface area contributed by atoms with Crippen molar-refractivity contribution in [3.8, 4) is 0 Å². The highest BCUT2D eigenvalue weighted by Crippen LogP contribution is 2.12. The zero-order valence-corrected chi connectivity index (χ0v) is 11.9. The largest absolute Gasteiger partial charge is 0.375 e. The van der Waals surface area contributed by atoms with Gasteiger partial charge in [-0.3, -0.25) is 4.79 Å². The van der Waals surface area contributed by atoms with Crippen LogP contribution in [-0.4, -0.2) is 10.9 Å². The highest BCUT2D eigenvalue weighted by Gasteiger charge is 2.06. The Kier molecular flexibility index (Phi) is 4.33. The van der Waals surface area contributed by atoms with Crippen LogP contribution in [-0.2, 0) is 17.8 Å². The highest BCUT2D eigenvalue weighted by atomic mass is 79.9. The van der Waals surface area contributed by atoms with Crippen LogP contribution >= 0.6 is 27.3 Å². The van der Waals surface area contributed by atoms with Gasteiger partial charge in [0, 0.05) is 16.4 Å². The number of carbonyl (C=O) groups is 1. The van der Waals surface area contributed by atoms with Gasteiger partial charge in [0.05, 0.1) is 12.1 Å². The Morgan fingerprint density at radius 1 is 1.39 bits per heavy atom. The van der Waals surface area contributed by atoms with Crippen molar-refractivity contribution in [3.63, 3.8) is 0 Å². The summed E-state index contributed by atoms with van der Waals surface area (Å²) in [5.74, 6) is -0.0526. The highest BCUT2D eigenvalue weighted by molar-refractivity contribution is 9.10. The van der Waals surface area contributed by atoms with E-state index >= 15 is 0 Å². The van der Waals surface area contributed by atoms with Gasteiger partial charge in [-0.05, 0) is 17.7 Å². The molecule has 0 aliphatic rings. The second-order valence-corrected chi connectivity index (χ2v) is 5.56. The third-order valence-electron chi connectivity index (χ3n) is 2.31. The molecule has 94 valence electrons. The van der Waals surface area contributed by atoms with Gasteiger partial charge in [0.1, 0.15) is 0 Å². The number of rotatable bonds is 4. The molecule has 0 fully saturated rings. The number of hydrogen-bond donors (Lipinski definition) is 2. The van der Waals surface area contributed by atoms with Crippen LogP contribution in [0.2, 0.25) is 0 Å². The van der Waals surface area contributed by atoms with Gasteiger partial charge >= 0.3 is 0 Å². The number of benzene rings is 1. The predicted molar refractivity (Wildman–Crippen MR) is 76.2 cm³/mol. The van der Waals surface area contributed by atoms with Crippen LogP contribution in [0.1, 0.15) is 11.3 Å². The van der Waals surface area contributed by atoms with E-state index in [1.165, 1.54) is 11.3 Å². The summed E-state index contributed by atoms with van der Waals surface area (Å²) in [7, 11) is 0. The zero-order valence-electron chi connectivity index (χ0n) is 9.52. The quantitative estimate of drug-likeness (QED) is 0.906. The van der Waals surface area contributed by atoms with Gasteiger partial charge in [0.15, 0.2) is 5.13 Å². The van der Waals surface area contributed by atoms with E-state index in [1.54, 1.807) is 5.38 Å². The Balaban J connectivity index is 1.83. The second-order valence-electron chi connectivity index (χ2n) is 3.76. The molecule has 0 aliphatic carbocycles. The molecule has 1 amide bonds. The maximum absolute atomic E-state index is 11.7. The zero-order chi connectivity index (χ0) is 13.0. The summed E-state index contributed by atoms with van der Waals surface area (Å²) in [5, 5.41) is 5.14. The van der Waals surface area contributed by atoms with Crippen molar-refractivity contribution in [3.05, 3.63) is 45.4 Å². The maximum atomic E-state index is 11.7. The number of nitrogens with two attached hydrogens (primary N) is 1. The summed E-state index contributed by atoms with van der Waals surface area (Å²) in [6.45, 7) is 0.520. The summed E-state index contributed by atoms with van der Waals surface area (Å²) in [5.41, 5.74) is 7.28. The smallest absolute Gasteiger partial charge is 0.226 e. The normalized spacial score (nSPS) is 10.3. The molecule has 3 N–H and O–H groups in total. The van der Waals surface area contributed by atoms with E-state index in [0.29, 0.717) is 17.4 Å². The van der Waals surface area contributed by atoms with Crippen molar-refractivity contribution in [1.29, 1.82) is 0 Å². The molecule has 0 atom stereocenters. The van der Waals surface area contributed by atoms with Crippen molar-refractivity contribution in [1.82, 2.24) is 10.3 Å². The third kappa shape index (κ3) is 3.82. The molecule has 1 aromatic heterocycles. The fourth-order valence-corrected chi connectivity index (χ4v) is 2.26. The van der Waals surface area contributed by atoms with Gasteiger partial charge < -0.3 is 11.1 Å². The molecule has 4 nitrogen and oxygen atoms in total. The van der Waals surface area contributed by atoms with Gasteiger partial charge in [-0.15, -0.1) is 11.3 Å². The van der Waals surface area contributed by atoms with E-state index in [1.807, 2.05) is 24.3 Å². The summed E-state index contributed by atoms with van der Waals surface area (Å²) in [6, 6.07) is 7.82. The van der Waals surface area contributed by atoms with Crippen molar-refractivity contribution in [2.75, 3.05) is 5.73 Å². The third-order valence-corrected chi connectivity index (χ3v) is 3.57. The van der Waals surface area contributed by atoms with Crippen LogP contribution in [0.3, 0.4) is 0 Å². The van der Waals surface area contributed by atoms with Crippen LogP contribution in [0.4, 0.5) is 5.13 Å². The molecule has 6 heteroatoms. The first kappa shape index (κ1) is 13.0. The first-order valence-electron chi connectivity index (χ1n) is 5.34. The standard InChI is InChI=1S/C12H12BrN3OS/c13-9-3-1-8(2-4-9)6-15-11(17)5-10-7-18-12(14)16-10/h1-4,7H,5-6H2,(H2,14,16)(H,15,17). The Hall–Kier alpha value is -1.40. The molecular weight excluding hydrogens is 314 g/mol. The minimum Gasteiger partial charge on any atom is -0.375 e. The topological polar surface area (TPSA) is 68.0 Å². The lowest BCUT2D eigenvalue weighted by molar-refractivity contribution is -0.120. The number of nitrogen functional groups attached to an aromatic ring is 1. The predicted octanol–water partition coefficient (Wildman–Crippen LogP) is 2.35. The fourth-order valence-electron chi connectivity index (χ4n) is 1.43. The Morgan fingerprint density at radius 2 is 2.11 bits per heavy atom. The first-order chi connectivity index (χ1) is 8.63. The molecule has 0 radical (unpaired) electrons. The number of anilines is 1. The van der Waals surface area contributed by atoms with Gasteiger partial charge in [-0.2, -0.15) is 0 Å². The van der Waals surface area contributed by atoms with Crippen LogP contribution in [0.25, 0.3) is 0 Å². The van der Waals surface area contributed by atoms with Crippen molar-refractivity contribution < 1.29 is 4.79 Å². The van der Waals surface area contributed by atoms with Gasteiger partial charge in [0.25, 0.3) is 0 Å². The minimum absolute atomic E-state index is 0.0526. The molecule has 1 aromatic carbocycles. The van der Waals surface area contributed by atoms with Gasteiger partial charge in [0.2, 0.25) is 5.91 Å². The molecule has 18 heavy (non-hydrogen) atoms. The molecule has 0 spiro atoms. The molecular formula is C12H12BrN3OS. The summed E-state index contributed by atoms with van der Waals surface area (Å²) in [6.07, 6.45) is 0.268. The molecule has 2 aromatic rings. The Labute approximate surface area is 117 Å². The molecule has 0 aliphatic heterocycles. The summed E-state index contributed by atoms with van der Waals surface area (Å²) in [4.78, 5) is 15.7.